The molecule has 3 aromatic rings. The number of nitrogens with zero attached hydrogens (tertiary/aromatic N) is 1. The molecule has 7 nitrogen and oxygen atoms in total. The van der Waals surface area contributed by atoms with Crippen LogP contribution in [0, 0.1) is 0 Å². The van der Waals surface area contributed by atoms with Crippen LogP contribution >= 0.6 is 0 Å². The first kappa shape index (κ1) is 29.7. The lowest BCUT2D eigenvalue weighted by atomic mass is 10.0. The van der Waals surface area contributed by atoms with Crippen molar-refractivity contribution in [2.45, 2.75) is 57.2 Å². The zero-order valence-corrected chi connectivity index (χ0v) is 24.8. The molecule has 0 bridgehead atoms. The zero-order chi connectivity index (χ0) is 29.0. The predicted octanol–water partition coefficient (Wildman–Crippen LogP) is 5.32. The highest BCUT2D eigenvalue weighted by molar-refractivity contribution is 5.94. The van der Waals surface area contributed by atoms with E-state index < -0.39 is 0 Å². The van der Waals surface area contributed by atoms with E-state index in [0.717, 1.165) is 74.7 Å². The summed E-state index contributed by atoms with van der Waals surface area (Å²) < 4.78 is 5.21. The number of hydrogen-bond donors (Lipinski definition) is 4. The van der Waals surface area contributed by atoms with Crippen molar-refractivity contribution in [1.82, 2.24) is 20.9 Å². The van der Waals surface area contributed by atoms with Gasteiger partial charge in [0.15, 0.2) is 0 Å². The quantitative estimate of drug-likeness (QED) is 0.237. The fourth-order valence-corrected chi connectivity index (χ4v) is 5.72. The van der Waals surface area contributed by atoms with Crippen molar-refractivity contribution in [3.05, 3.63) is 107 Å². The lowest BCUT2D eigenvalue weighted by Gasteiger charge is -2.34. The van der Waals surface area contributed by atoms with E-state index in [4.69, 9.17) is 4.74 Å². The largest absolute Gasteiger partial charge is 0.497 e. The summed E-state index contributed by atoms with van der Waals surface area (Å²) in [6.45, 7) is 4.84. The van der Waals surface area contributed by atoms with Gasteiger partial charge in [-0.1, -0.05) is 48.9 Å². The fourth-order valence-electron chi connectivity index (χ4n) is 5.72. The van der Waals surface area contributed by atoms with Gasteiger partial charge in [-0.15, -0.1) is 0 Å². The second-order valence-corrected chi connectivity index (χ2v) is 11.4. The van der Waals surface area contributed by atoms with Gasteiger partial charge in [0.05, 0.1) is 7.11 Å². The van der Waals surface area contributed by atoms with E-state index in [1.807, 2.05) is 48.5 Å². The van der Waals surface area contributed by atoms with Crippen molar-refractivity contribution in [2.75, 3.05) is 38.6 Å². The molecule has 42 heavy (non-hydrogen) atoms. The van der Waals surface area contributed by atoms with Gasteiger partial charge >= 0.3 is 0 Å². The average molecular weight is 568 g/mol. The van der Waals surface area contributed by atoms with Crippen LogP contribution in [0.2, 0.25) is 0 Å². The van der Waals surface area contributed by atoms with Crippen LogP contribution in [-0.4, -0.2) is 56.2 Å². The summed E-state index contributed by atoms with van der Waals surface area (Å²) >= 11 is 0. The van der Waals surface area contributed by atoms with Crippen LogP contribution in [0.1, 0.15) is 53.6 Å². The molecule has 3 aromatic carbocycles. The van der Waals surface area contributed by atoms with E-state index in [-0.39, 0.29) is 5.91 Å². The molecule has 1 atom stereocenters. The van der Waals surface area contributed by atoms with Gasteiger partial charge in [0.25, 0.3) is 5.91 Å². The summed E-state index contributed by atoms with van der Waals surface area (Å²) in [4.78, 5) is 15.3. The molecule has 2 heterocycles. The van der Waals surface area contributed by atoms with Crippen LogP contribution in [0.15, 0.2) is 90.8 Å². The zero-order valence-electron chi connectivity index (χ0n) is 24.8. The molecule has 7 heteroatoms. The van der Waals surface area contributed by atoms with Crippen molar-refractivity contribution in [3.8, 4) is 5.75 Å². The van der Waals surface area contributed by atoms with Crippen LogP contribution in [0.5, 0.6) is 5.75 Å². The molecule has 2 fully saturated rings. The van der Waals surface area contributed by atoms with Crippen molar-refractivity contribution in [3.63, 3.8) is 0 Å². The number of anilines is 1. The Morgan fingerprint density at radius 1 is 0.929 bits per heavy atom. The third kappa shape index (κ3) is 9.10. The van der Waals surface area contributed by atoms with E-state index in [2.05, 4.69) is 62.6 Å². The number of nitrogens with one attached hydrogen (secondary N) is 4. The van der Waals surface area contributed by atoms with E-state index >= 15 is 0 Å². The predicted molar refractivity (Wildman–Crippen MR) is 171 cm³/mol. The van der Waals surface area contributed by atoms with Crippen LogP contribution in [0.4, 0.5) is 5.69 Å². The molecule has 1 amide bonds. The number of methoxy groups -OCH3 is 1. The molecule has 0 aromatic heterocycles. The number of rotatable bonds is 12. The molecule has 0 radical (unpaired) electrons. The Hall–Kier alpha value is -3.81. The monoisotopic (exact) mass is 567 g/mol. The van der Waals surface area contributed by atoms with Crippen molar-refractivity contribution in [1.29, 1.82) is 0 Å². The Kier molecular flexibility index (Phi) is 10.9. The Morgan fingerprint density at radius 2 is 1.69 bits per heavy atom. The van der Waals surface area contributed by atoms with Gasteiger partial charge in [0.2, 0.25) is 0 Å². The van der Waals surface area contributed by atoms with E-state index in [1.54, 1.807) is 7.11 Å². The molecule has 1 unspecified atom stereocenters. The molecule has 0 aliphatic carbocycles. The molecule has 4 N–H and O–H groups in total. The number of ether oxygens (including phenoxy) is 1. The Balaban J connectivity index is 1.13. The first-order chi connectivity index (χ1) is 20.6. The van der Waals surface area contributed by atoms with Crippen LogP contribution in [0.3, 0.4) is 0 Å². The molecule has 222 valence electrons. The van der Waals surface area contributed by atoms with E-state index in [9.17, 15) is 4.79 Å². The minimum atomic E-state index is -0.0578. The number of amides is 1. The molecule has 2 aliphatic rings. The van der Waals surface area contributed by atoms with Gasteiger partial charge in [0, 0.05) is 49.5 Å². The summed E-state index contributed by atoms with van der Waals surface area (Å²) in [5, 5.41) is 14.1. The topological polar surface area (TPSA) is 77.7 Å². The van der Waals surface area contributed by atoms with Crippen LogP contribution < -0.4 is 26.0 Å². The number of benzene rings is 3. The van der Waals surface area contributed by atoms with Gasteiger partial charge in [-0.05, 0) is 92.2 Å². The summed E-state index contributed by atoms with van der Waals surface area (Å²) in [6.07, 6.45) is 8.95. The molecule has 2 aliphatic heterocycles. The summed E-state index contributed by atoms with van der Waals surface area (Å²) in [5.74, 6) is 1.83. The van der Waals surface area contributed by atoms with Crippen molar-refractivity contribution >= 4 is 11.6 Å². The van der Waals surface area contributed by atoms with E-state index in [1.165, 1.54) is 18.4 Å². The second kappa shape index (κ2) is 15.4. The molecular formula is C35H45N5O2. The number of carbonyl (C=O) groups is 1. The lowest BCUT2D eigenvalue weighted by molar-refractivity contribution is 0.0954. The third-order valence-corrected chi connectivity index (χ3v) is 8.20. The second-order valence-electron chi connectivity index (χ2n) is 11.4. The van der Waals surface area contributed by atoms with Gasteiger partial charge in [0.1, 0.15) is 11.6 Å². The third-order valence-electron chi connectivity index (χ3n) is 8.20. The van der Waals surface area contributed by atoms with Crippen molar-refractivity contribution in [2.24, 2.45) is 0 Å². The van der Waals surface area contributed by atoms with E-state index in [0.29, 0.717) is 24.2 Å². The Morgan fingerprint density at radius 3 is 2.38 bits per heavy atom. The number of likely N-dealkylation sites (tertiary alicyclic amines) is 1. The molecule has 0 saturated carbocycles. The summed E-state index contributed by atoms with van der Waals surface area (Å²) in [7, 11) is 1.66. The maximum absolute atomic E-state index is 12.7. The summed E-state index contributed by atoms with van der Waals surface area (Å²) in [5.41, 5.74) is 4.18. The first-order valence-electron chi connectivity index (χ1n) is 15.4. The maximum atomic E-state index is 12.7. The smallest absolute Gasteiger partial charge is 0.251 e. The Bertz CT molecular complexity index is 1260. The van der Waals surface area contributed by atoms with Gasteiger partial charge in [-0.2, -0.15) is 0 Å². The standard InChI is InChI=1S/C35H45N5O2/c1-42-33-16-10-27(11-17-33)18-22-37-35(41)29-12-14-30(15-13-29)38-34(25-32-9-5-6-21-36-32)39-31-19-23-40(24-20-31)26-28-7-3-2-4-8-28/h2-4,7-8,10-17,25,31-32,36,38-39H,5-6,9,18-24,26H2,1H3,(H,37,41)/b34-25-. The Labute approximate surface area is 250 Å². The highest BCUT2D eigenvalue weighted by Gasteiger charge is 2.21. The number of hydrogen-bond acceptors (Lipinski definition) is 6. The van der Waals surface area contributed by atoms with Crippen molar-refractivity contribution < 1.29 is 9.53 Å². The van der Waals surface area contributed by atoms with Gasteiger partial charge in [-0.25, -0.2) is 0 Å². The van der Waals surface area contributed by atoms with Crippen LogP contribution in [0.25, 0.3) is 0 Å². The fraction of sp³-hybridized carbons (Fsp3) is 0.400. The first-order valence-corrected chi connectivity index (χ1v) is 15.4. The normalized spacial score (nSPS) is 18.3. The highest BCUT2D eigenvalue weighted by Crippen LogP contribution is 2.18. The summed E-state index contributed by atoms with van der Waals surface area (Å²) in [6, 6.07) is 27.2. The SMILES string of the molecule is COc1ccc(CCNC(=O)c2ccc(N/C(=C/C3CCCCN3)NC3CCN(Cc4ccccc4)CC3)cc2)cc1. The minimum Gasteiger partial charge on any atom is -0.497 e. The highest BCUT2D eigenvalue weighted by atomic mass is 16.5. The minimum absolute atomic E-state index is 0.0578. The number of carbonyl (C=O) groups excluding carboxylic acids is 1. The lowest BCUT2D eigenvalue weighted by Crippen LogP contribution is -2.43. The maximum Gasteiger partial charge on any atom is 0.251 e. The molecule has 5 rings (SSSR count). The molecule has 0 spiro atoms. The molecular weight excluding hydrogens is 522 g/mol. The number of piperidine rings is 2. The van der Waals surface area contributed by atoms with Gasteiger partial charge in [-0.3, -0.25) is 9.69 Å². The van der Waals surface area contributed by atoms with Crippen LogP contribution in [-0.2, 0) is 13.0 Å². The van der Waals surface area contributed by atoms with Gasteiger partial charge < -0.3 is 26.0 Å². The average Bonchev–Trinajstić information content (AvgIpc) is 3.03. The molecule has 2 saturated heterocycles.